The van der Waals surface area contributed by atoms with E-state index in [0.717, 1.165) is 25.7 Å². The van der Waals surface area contributed by atoms with Crippen molar-refractivity contribution in [2.24, 2.45) is 0 Å². The molecule has 0 fully saturated rings. The van der Waals surface area contributed by atoms with Gasteiger partial charge in [-0.3, -0.25) is 9.59 Å². The van der Waals surface area contributed by atoms with Crippen LogP contribution in [0.25, 0.3) is 0 Å². The van der Waals surface area contributed by atoms with E-state index in [4.69, 9.17) is 10.2 Å². The Balaban J connectivity index is 0. The zero-order valence-electron chi connectivity index (χ0n) is 29.6. The Morgan fingerprint density at radius 3 is 0.773 bits per heavy atom. The zero-order chi connectivity index (χ0) is 32.6. The maximum atomic E-state index is 10.4. The lowest BCUT2D eigenvalue weighted by molar-refractivity contribution is -0.138. The molecule has 0 bridgehead atoms. The molecule has 0 heterocycles. The van der Waals surface area contributed by atoms with E-state index >= 15 is 0 Å². The van der Waals surface area contributed by atoms with Crippen molar-refractivity contribution < 1.29 is 19.8 Å². The van der Waals surface area contributed by atoms with Gasteiger partial charge in [-0.1, -0.05) is 167 Å². The number of carboxylic acids is 2. The van der Waals surface area contributed by atoms with Gasteiger partial charge in [0.25, 0.3) is 0 Å². The molecule has 0 spiro atoms. The average molecular weight is 621 g/mol. The lowest BCUT2D eigenvalue weighted by Crippen LogP contribution is -1.93. The van der Waals surface area contributed by atoms with Crippen molar-refractivity contribution in [2.75, 3.05) is 0 Å². The van der Waals surface area contributed by atoms with Gasteiger partial charge >= 0.3 is 11.9 Å². The van der Waals surface area contributed by atoms with Gasteiger partial charge in [0, 0.05) is 12.8 Å². The highest BCUT2D eigenvalue weighted by Gasteiger charge is 1.97. The molecule has 0 aromatic heterocycles. The summed E-state index contributed by atoms with van der Waals surface area (Å²) in [6.07, 6.45) is 48.4. The van der Waals surface area contributed by atoms with Crippen LogP contribution < -0.4 is 0 Å². The molecule has 0 saturated heterocycles. The van der Waals surface area contributed by atoms with Crippen LogP contribution in [0.1, 0.15) is 219 Å². The van der Waals surface area contributed by atoms with Crippen molar-refractivity contribution in [3.8, 4) is 0 Å². The fraction of sp³-hybridized carbons (Fsp3) is 0.850. The number of hydrogen-bond donors (Lipinski definition) is 2. The van der Waals surface area contributed by atoms with Crippen LogP contribution in [-0.2, 0) is 9.59 Å². The van der Waals surface area contributed by atoms with Gasteiger partial charge in [0.2, 0.25) is 0 Å². The molecule has 0 rings (SSSR count). The van der Waals surface area contributed by atoms with Crippen molar-refractivity contribution in [1.82, 2.24) is 0 Å². The first-order valence-electron chi connectivity index (χ1n) is 19.3. The quantitative estimate of drug-likeness (QED) is 0.0554. The zero-order valence-corrected chi connectivity index (χ0v) is 29.6. The topological polar surface area (TPSA) is 74.6 Å². The highest BCUT2D eigenvalue weighted by atomic mass is 16.4. The van der Waals surface area contributed by atoms with E-state index in [2.05, 4.69) is 38.2 Å². The summed E-state index contributed by atoms with van der Waals surface area (Å²) in [5, 5.41) is 17.1. The summed E-state index contributed by atoms with van der Waals surface area (Å²) in [6, 6.07) is 0. The molecule has 0 aliphatic heterocycles. The number of unbranched alkanes of at least 4 members (excludes halogenated alkanes) is 26. The van der Waals surface area contributed by atoms with Gasteiger partial charge in [0.05, 0.1) is 0 Å². The summed E-state index contributed by atoms with van der Waals surface area (Å²) in [5.74, 6) is -1.32. The van der Waals surface area contributed by atoms with Gasteiger partial charge in [-0.2, -0.15) is 0 Å². The molecule has 0 atom stereocenters. The summed E-state index contributed by atoms with van der Waals surface area (Å²) in [4.78, 5) is 20.7. The van der Waals surface area contributed by atoms with Crippen LogP contribution >= 0.6 is 0 Å². The van der Waals surface area contributed by atoms with E-state index < -0.39 is 11.9 Å². The first-order chi connectivity index (χ1) is 21.5. The molecule has 0 amide bonds. The number of aliphatic carboxylic acids is 2. The molecule has 0 saturated carbocycles. The molecule has 0 radical (unpaired) electrons. The predicted molar refractivity (Wildman–Crippen MR) is 193 cm³/mol. The Morgan fingerprint density at radius 2 is 0.545 bits per heavy atom. The van der Waals surface area contributed by atoms with Gasteiger partial charge in [0.1, 0.15) is 0 Å². The SMILES string of the molecule is CCCCCCCCC=CCCCCCCCCCC(=O)O.CCCCCCCCCC/C=C\CCCCCCCC(=O)O. The molecule has 260 valence electrons. The molecule has 0 aliphatic carbocycles. The van der Waals surface area contributed by atoms with Crippen LogP contribution in [0.3, 0.4) is 0 Å². The molecular weight excluding hydrogens is 544 g/mol. The summed E-state index contributed by atoms with van der Waals surface area (Å²) < 4.78 is 0. The van der Waals surface area contributed by atoms with Gasteiger partial charge < -0.3 is 10.2 Å². The molecule has 0 aliphatic rings. The maximum Gasteiger partial charge on any atom is 0.303 e. The molecule has 0 aromatic carbocycles. The lowest BCUT2D eigenvalue weighted by atomic mass is 10.1. The Morgan fingerprint density at radius 1 is 0.341 bits per heavy atom. The van der Waals surface area contributed by atoms with E-state index in [1.165, 1.54) is 167 Å². The van der Waals surface area contributed by atoms with Crippen LogP contribution in [0.2, 0.25) is 0 Å². The highest BCUT2D eigenvalue weighted by Crippen LogP contribution is 2.12. The van der Waals surface area contributed by atoms with Gasteiger partial charge in [-0.25, -0.2) is 0 Å². The molecular formula is C40H76O4. The van der Waals surface area contributed by atoms with Crippen LogP contribution in [0, 0.1) is 0 Å². The van der Waals surface area contributed by atoms with Crippen LogP contribution in [0.4, 0.5) is 0 Å². The molecule has 4 nitrogen and oxygen atoms in total. The largest absolute Gasteiger partial charge is 0.481 e. The fourth-order valence-electron chi connectivity index (χ4n) is 5.40. The number of rotatable bonds is 34. The van der Waals surface area contributed by atoms with E-state index in [0.29, 0.717) is 12.8 Å². The second-order valence-corrected chi connectivity index (χ2v) is 12.9. The van der Waals surface area contributed by atoms with E-state index in [1.807, 2.05) is 0 Å². The molecule has 0 aromatic rings. The normalized spacial score (nSPS) is 11.3. The van der Waals surface area contributed by atoms with Gasteiger partial charge in [-0.15, -0.1) is 0 Å². The first kappa shape index (κ1) is 44.5. The van der Waals surface area contributed by atoms with Crippen molar-refractivity contribution in [2.45, 2.75) is 219 Å². The summed E-state index contributed by atoms with van der Waals surface area (Å²) in [7, 11) is 0. The molecule has 4 heteroatoms. The number of carboxylic acid groups (broad SMARTS) is 2. The fourth-order valence-corrected chi connectivity index (χ4v) is 5.40. The van der Waals surface area contributed by atoms with Crippen LogP contribution in [0.5, 0.6) is 0 Å². The summed E-state index contributed by atoms with van der Waals surface area (Å²) in [6.45, 7) is 4.54. The van der Waals surface area contributed by atoms with Gasteiger partial charge in [-0.05, 0) is 64.2 Å². The minimum Gasteiger partial charge on any atom is -0.481 e. The monoisotopic (exact) mass is 621 g/mol. The summed E-state index contributed by atoms with van der Waals surface area (Å²) >= 11 is 0. The van der Waals surface area contributed by atoms with Crippen molar-refractivity contribution >= 4 is 11.9 Å². The second kappa shape index (κ2) is 41.4. The van der Waals surface area contributed by atoms with Crippen LogP contribution in [0.15, 0.2) is 24.3 Å². The maximum absolute atomic E-state index is 10.4. The van der Waals surface area contributed by atoms with Gasteiger partial charge in [0.15, 0.2) is 0 Å². The smallest absolute Gasteiger partial charge is 0.303 e. The Bertz CT molecular complexity index is 625. The van der Waals surface area contributed by atoms with Crippen molar-refractivity contribution in [3.05, 3.63) is 24.3 Å². The summed E-state index contributed by atoms with van der Waals surface area (Å²) in [5.41, 5.74) is 0. The minimum atomic E-state index is -0.663. The molecule has 2 N–H and O–H groups in total. The van der Waals surface area contributed by atoms with E-state index in [1.54, 1.807) is 0 Å². The Kier molecular flexibility index (Phi) is 41.9. The molecule has 0 unspecified atom stereocenters. The number of hydrogen-bond acceptors (Lipinski definition) is 2. The Labute approximate surface area is 275 Å². The predicted octanol–water partition coefficient (Wildman–Crippen LogP) is 13.8. The lowest BCUT2D eigenvalue weighted by Gasteiger charge is -2.00. The third-order valence-corrected chi connectivity index (χ3v) is 8.30. The molecule has 44 heavy (non-hydrogen) atoms. The first-order valence-corrected chi connectivity index (χ1v) is 19.3. The van der Waals surface area contributed by atoms with Crippen molar-refractivity contribution in [1.29, 1.82) is 0 Å². The Hall–Kier alpha value is -1.58. The minimum absolute atomic E-state index is 0.332. The average Bonchev–Trinajstić information content (AvgIpc) is 3.00. The van der Waals surface area contributed by atoms with E-state index in [9.17, 15) is 9.59 Å². The van der Waals surface area contributed by atoms with Crippen molar-refractivity contribution in [3.63, 3.8) is 0 Å². The van der Waals surface area contributed by atoms with E-state index in [-0.39, 0.29) is 0 Å². The highest BCUT2D eigenvalue weighted by molar-refractivity contribution is 5.66. The number of allylic oxidation sites excluding steroid dienone is 4. The second-order valence-electron chi connectivity index (χ2n) is 12.9. The third-order valence-electron chi connectivity index (χ3n) is 8.30. The van der Waals surface area contributed by atoms with Crippen LogP contribution in [-0.4, -0.2) is 22.2 Å². The number of carbonyl (C=O) groups is 2. The third kappa shape index (κ3) is 47.4. The standard InChI is InChI=1S/2C20H38O2/c2*1-2-3-4-5-6-7-8-9-10-11-12-13-14-15-16-17-18-19-20(21)22/h11-12H,2-10,13-19H2,1H3,(H,21,22);9-10H,2-8,11-19H2,1H3,(H,21,22)/b12-11-;.